The van der Waals surface area contributed by atoms with E-state index in [0.29, 0.717) is 18.2 Å². The number of rotatable bonds is 3. The van der Waals surface area contributed by atoms with Crippen molar-refractivity contribution in [3.8, 4) is 0 Å². The zero-order valence-corrected chi connectivity index (χ0v) is 10.2. The molecule has 1 aromatic carbocycles. The monoisotopic (exact) mass is 228 g/mol. The predicted molar refractivity (Wildman–Crippen MR) is 66.9 cm³/mol. The zero-order chi connectivity index (χ0) is 12.0. The molecule has 3 nitrogen and oxygen atoms in total. The van der Waals surface area contributed by atoms with Crippen molar-refractivity contribution in [2.75, 3.05) is 0 Å². The molecule has 3 rings (SSSR count). The van der Waals surface area contributed by atoms with E-state index in [-0.39, 0.29) is 0 Å². The number of ketones is 1. The maximum Gasteiger partial charge on any atom is 0.155 e. The summed E-state index contributed by atoms with van der Waals surface area (Å²) in [6.07, 6.45) is 3.93. The third-order valence-corrected chi connectivity index (χ3v) is 3.60. The Morgan fingerprint density at radius 3 is 2.76 bits per heavy atom. The van der Waals surface area contributed by atoms with Gasteiger partial charge in [-0.25, -0.2) is 4.98 Å². The number of benzene rings is 1. The largest absolute Gasteiger partial charge is 0.323 e. The molecule has 1 fully saturated rings. The molecule has 1 heterocycles. The van der Waals surface area contributed by atoms with Crippen molar-refractivity contribution in [3.05, 3.63) is 29.6 Å². The van der Waals surface area contributed by atoms with Gasteiger partial charge in [0, 0.05) is 5.92 Å². The Morgan fingerprint density at radius 1 is 1.35 bits per heavy atom. The number of nitrogens with zero attached hydrogens (tertiary/aromatic N) is 2. The van der Waals surface area contributed by atoms with Gasteiger partial charge in [0.05, 0.1) is 23.9 Å². The summed E-state index contributed by atoms with van der Waals surface area (Å²) in [4.78, 5) is 16.2. The van der Waals surface area contributed by atoms with E-state index in [9.17, 15) is 4.79 Å². The molecule has 1 aliphatic carbocycles. The van der Waals surface area contributed by atoms with Gasteiger partial charge in [0.15, 0.2) is 5.78 Å². The first-order valence-corrected chi connectivity index (χ1v) is 6.10. The molecule has 0 N–H and O–H groups in total. The molecule has 0 atom stereocenters. The third-order valence-electron chi connectivity index (χ3n) is 3.60. The maximum atomic E-state index is 11.8. The van der Waals surface area contributed by atoms with Crippen molar-refractivity contribution in [2.45, 2.75) is 33.2 Å². The lowest BCUT2D eigenvalue weighted by Gasteiger charge is -2.04. The second kappa shape index (κ2) is 3.69. The molecule has 1 aromatic heterocycles. The normalized spacial score (nSPS) is 15.4. The highest BCUT2D eigenvalue weighted by atomic mass is 16.1. The first kappa shape index (κ1) is 10.5. The number of aromatic nitrogens is 2. The van der Waals surface area contributed by atoms with Crippen LogP contribution in [0.15, 0.2) is 18.5 Å². The fourth-order valence-corrected chi connectivity index (χ4v) is 2.14. The van der Waals surface area contributed by atoms with Crippen molar-refractivity contribution in [1.29, 1.82) is 0 Å². The summed E-state index contributed by atoms with van der Waals surface area (Å²) < 4.78 is 1.97. The Bertz CT molecular complexity index is 594. The van der Waals surface area contributed by atoms with Crippen molar-refractivity contribution >= 4 is 16.8 Å². The molecule has 3 heteroatoms. The SMILES string of the molecule is Cc1cc2ncn(CC(=O)C3CC3)c2cc1C. The minimum Gasteiger partial charge on any atom is -0.323 e. The minimum atomic E-state index is 0.319. The molecule has 0 aliphatic heterocycles. The topological polar surface area (TPSA) is 34.9 Å². The number of carbonyl (C=O) groups excluding carboxylic acids is 1. The Labute approximate surface area is 100 Å². The highest BCUT2D eigenvalue weighted by molar-refractivity contribution is 5.85. The molecular formula is C14H16N2O. The van der Waals surface area contributed by atoms with Gasteiger partial charge >= 0.3 is 0 Å². The van der Waals surface area contributed by atoms with Gasteiger partial charge < -0.3 is 4.57 Å². The van der Waals surface area contributed by atoms with Gasteiger partial charge in [-0.1, -0.05) is 0 Å². The molecule has 0 saturated heterocycles. The van der Waals surface area contributed by atoms with Crippen LogP contribution in [0.5, 0.6) is 0 Å². The molecule has 0 spiro atoms. The van der Waals surface area contributed by atoms with Gasteiger partial charge in [0.2, 0.25) is 0 Å². The van der Waals surface area contributed by atoms with Crippen LogP contribution in [0, 0.1) is 19.8 Å². The summed E-state index contributed by atoms with van der Waals surface area (Å²) in [5.74, 6) is 0.668. The average Bonchev–Trinajstić information content (AvgIpc) is 3.07. The zero-order valence-electron chi connectivity index (χ0n) is 10.2. The number of carbonyl (C=O) groups is 1. The first-order valence-electron chi connectivity index (χ1n) is 6.10. The van der Waals surface area contributed by atoms with Gasteiger partial charge in [-0.2, -0.15) is 0 Å². The molecule has 88 valence electrons. The van der Waals surface area contributed by atoms with Crippen LogP contribution in [0.1, 0.15) is 24.0 Å². The van der Waals surface area contributed by atoms with Gasteiger partial charge in [-0.15, -0.1) is 0 Å². The molecule has 17 heavy (non-hydrogen) atoms. The number of Topliss-reactive ketones (excluding diaryl/α,β-unsaturated/α-hetero) is 1. The maximum absolute atomic E-state index is 11.8. The lowest BCUT2D eigenvalue weighted by Crippen LogP contribution is -2.10. The fraction of sp³-hybridized carbons (Fsp3) is 0.429. The molecule has 2 aromatic rings. The Hall–Kier alpha value is -1.64. The standard InChI is InChI=1S/C14H16N2O/c1-9-5-12-13(6-10(9)2)16(8-15-12)7-14(17)11-3-4-11/h5-6,8,11H,3-4,7H2,1-2H3. The van der Waals surface area contributed by atoms with Crippen molar-refractivity contribution in [2.24, 2.45) is 5.92 Å². The van der Waals surface area contributed by atoms with Crippen LogP contribution in [0.4, 0.5) is 0 Å². The lowest BCUT2D eigenvalue weighted by atomic mass is 10.1. The van der Waals surface area contributed by atoms with E-state index in [2.05, 4.69) is 31.0 Å². The molecule has 0 radical (unpaired) electrons. The first-order chi connectivity index (χ1) is 8.15. The van der Waals surface area contributed by atoms with Gasteiger partial charge in [-0.3, -0.25) is 4.79 Å². The quantitative estimate of drug-likeness (QED) is 0.809. The minimum absolute atomic E-state index is 0.319. The molecule has 1 saturated carbocycles. The van der Waals surface area contributed by atoms with Crippen molar-refractivity contribution in [1.82, 2.24) is 9.55 Å². The van der Waals surface area contributed by atoms with E-state index in [1.165, 1.54) is 11.1 Å². The number of hydrogen-bond donors (Lipinski definition) is 0. The van der Waals surface area contributed by atoms with Crippen LogP contribution >= 0.6 is 0 Å². The summed E-state index contributed by atoms with van der Waals surface area (Å²) in [6, 6.07) is 4.21. The molecule has 0 amide bonds. The van der Waals surface area contributed by atoms with E-state index < -0.39 is 0 Å². The summed E-state index contributed by atoms with van der Waals surface area (Å²) in [6.45, 7) is 4.65. The summed E-state index contributed by atoms with van der Waals surface area (Å²) in [7, 11) is 0. The summed E-state index contributed by atoms with van der Waals surface area (Å²) in [5.41, 5.74) is 4.55. The summed E-state index contributed by atoms with van der Waals surface area (Å²) >= 11 is 0. The number of imidazole rings is 1. The van der Waals surface area contributed by atoms with Gasteiger partial charge in [0.25, 0.3) is 0 Å². The van der Waals surface area contributed by atoms with E-state index in [1.54, 1.807) is 6.33 Å². The van der Waals surface area contributed by atoms with Crippen molar-refractivity contribution < 1.29 is 4.79 Å². The third kappa shape index (κ3) is 1.86. The Kier molecular flexibility index (Phi) is 2.28. The molecular weight excluding hydrogens is 212 g/mol. The smallest absolute Gasteiger partial charge is 0.155 e. The second-order valence-electron chi connectivity index (χ2n) is 5.04. The Balaban J connectivity index is 1.99. The van der Waals surface area contributed by atoms with Crippen LogP contribution in [-0.4, -0.2) is 15.3 Å². The van der Waals surface area contributed by atoms with Crippen LogP contribution < -0.4 is 0 Å². The summed E-state index contributed by atoms with van der Waals surface area (Å²) in [5, 5.41) is 0. The average molecular weight is 228 g/mol. The number of aryl methyl sites for hydroxylation is 2. The van der Waals surface area contributed by atoms with Gasteiger partial charge in [-0.05, 0) is 49.9 Å². The Morgan fingerprint density at radius 2 is 2.06 bits per heavy atom. The molecule has 1 aliphatic rings. The lowest BCUT2D eigenvalue weighted by molar-refractivity contribution is -0.120. The van der Waals surface area contributed by atoms with E-state index in [4.69, 9.17) is 0 Å². The highest BCUT2D eigenvalue weighted by Gasteiger charge is 2.29. The van der Waals surface area contributed by atoms with Crippen LogP contribution in [0.3, 0.4) is 0 Å². The van der Waals surface area contributed by atoms with Crippen LogP contribution in [-0.2, 0) is 11.3 Å². The van der Waals surface area contributed by atoms with E-state index >= 15 is 0 Å². The fourth-order valence-electron chi connectivity index (χ4n) is 2.14. The van der Waals surface area contributed by atoms with E-state index in [0.717, 1.165) is 23.9 Å². The molecule has 0 bridgehead atoms. The van der Waals surface area contributed by atoms with Crippen molar-refractivity contribution in [3.63, 3.8) is 0 Å². The number of hydrogen-bond acceptors (Lipinski definition) is 2. The van der Waals surface area contributed by atoms with Gasteiger partial charge in [0.1, 0.15) is 0 Å². The van der Waals surface area contributed by atoms with Crippen LogP contribution in [0.2, 0.25) is 0 Å². The van der Waals surface area contributed by atoms with E-state index in [1.807, 2.05) is 4.57 Å². The van der Waals surface area contributed by atoms with Crippen LogP contribution in [0.25, 0.3) is 11.0 Å². The highest BCUT2D eigenvalue weighted by Crippen LogP contribution is 2.30. The second-order valence-corrected chi connectivity index (χ2v) is 5.04. The predicted octanol–water partition coefficient (Wildman–Crippen LogP) is 2.63. The number of fused-ring (bicyclic) bond motifs is 1. The molecule has 0 unspecified atom stereocenters.